The number of benzene rings is 2. The molecule has 0 aliphatic carbocycles. The summed E-state index contributed by atoms with van der Waals surface area (Å²) >= 11 is 0. The SMILES string of the molecule is CC(=O)Oc1cc[c]c(-c2ccc3c(c2)OCO3)c1. The monoisotopic (exact) mass is 255 g/mol. The minimum absolute atomic E-state index is 0.246. The Morgan fingerprint density at radius 1 is 1.21 bits per heavy atom. The number of ether oxygens (including phenoxy) is 3. The Morgan fingerprint density at radius 3 is 2.89 bits per heavy atom. The summed E-state index contributed by atoms with van der Waals surface area (Å²) in [7, 11) is 0. The molecular weight excluding hydrogens is 244 g/mol. The molecule has 0 saturated heterocycles. The standard InChI is InChI=1S/C15H11O4/c1-10(16)19-13-4-2-3-11(7-13)12-5-6-14-15(8-12)18-9-17-14/h2,4-8H,9H2,1H3. The van der Waals surface area contributed by atoms with Crippen LogP contribution in [-0.2, 0) is 4.79 Å². The van der Waals surface area contributed by atoms with Crippen molar-refractivity contribution in [1.29, 1.82) is 0 Å². The van der Waals surface area contributed by atoms with Gasteiger partial charge in [-0.2, -0.15) is 0 Å². The first-order valence-corrected chi connectivity index (χ1v) is 5.82. The van der Waals surface area contributed by atoms with Crippen LogP contribution in [0.5, 0.6) is 17.2 Å². The quantitative estimate of drug-likeness (QED) is 0.611. The maximum Gasteiger partial charge on any atom is 0.308 e. The van der Waals surface area contributed by atoms with E-state index in [1.54, 1.807) is 18.2 Å². The third-order valence-electron chi connectivity index (χ3n) is 2.72. The summed E-state index contributed by atoms with van der Waals surface area (Å²) in [6.07, 6.45) is 0. The van der Waals surface area contributed by atoms with E-state index >= 15 is 0 Å². The fourth-order valence-corrected chi connectivity index (χ4v) is 1.91. The number of carbonyl (C=O) groups excluding carboxylic acids is 1. The van der Waals surface area contributed by atoms with Gasteiger partial charge in [0.15, 0.2) is 11.5 Å². The normalized spacial score (nSPS) is 12.3. The molecule has 2 aromatic carbocycles. The van der Waals surface area contributed by atoms with E-state index in [-0.39, 0.29) is 12.8 Å². The van der Waals surface area contributed by atoms with Gasteiger partial charge in [-0.15, -0.1) is 0 Å². The van der Waals surface area contributed by atoms with Crippen LogP contribution < -0.4 is 14.2 Å². The van der Waals surface area contributed by atoms with Gasteiger partial charge in [0.25, 0.3) is 0 Å². The minimum atomic E-state index is -0.345. The Bertz CT molecular complexity index is 634. The van der Waals surface area contributed by atoms with Gasteiger partial charge in [-0.25, -0.2) is 0 Å². The molecule has 0 unspecified atom stereocenters. The fourth-order valence-electron chi connectivity index (χ4n) is 1.91. The van der Waals surface area contributed by atoms with E-state index in [1.165, 1.54) is 6.92 Å². The van der Waals surface area contributed by atoms with Crippen molar-refractivity contribution in [3.8, 4) is 28.4 Å². The van der Waals surface area contributed by atoms with Crippen molar-refractivity contribution in [1.82, 2.24) is 0 Å². The number of fused-ring (bicyclic) bond motifs is 1. The van der Waals surface area contributed by atoms with Crippen LogP contribution in [0.25, 0.3) is 11.1 Å². The van der Waals surface area contributed by atoms with Gasteiger partial charge < -0.3 is 14.2 Å². The second kappa shape index (κ2) is 4.65. The van der Waals surface area contributed by atoms with E-state index in [0.29, 0.717) is 11.5 Å². The van der Waals surface area contributed by atoms with Crippen LogP contribution in [-0.4, -0.2) is 12.8 Å². The molecule has 4 heteroatoms. The molecule has 0 amide bonds. The summed E-state index contributed by atoms with van der Waals surface area (Å²) in [5.41, 5.74) is 1.76. The number of esters is 1. The van der Waals surface area contributed by atoms with E-state index in [1.807, 2.05) is 18.2 Å². The summed E-state index contributed by atoms with van der Waals surface area (Å²) in [6.45, 7) is 1.62. The van der Waals surface area contributed by atoms with Gasteiger partial charge in [0.1, 0.15) is 5.75 Å². The van der Waals surface area contributed by atoms with Gasteiger partial charge >= 0.3 is 5.97 Å². The number of hydrogen-bond donors (Lipinski definition) is 0. The van der Waals surface area contributed by atoms with Crippen LogP contribution in [0.2, 0.25) is 0 Å². The molecule has 0 saturated carbocycles. The molecule has 1 heterocycles. The molecule has 0 N–H and O–H groups in total. The van der Waals surface area contributed by atoms with Crippen molar-refractivity contribution in [3.63, 3.8) is 0 Å². The van der Waals surface area contributed by atoms with Gasteiger partial charge in [0, 0.05) is 6.92 Å². The third kappa shape index (κ3) is 2.38. The summed E-state index contributed by atoms with van der Waals surface area (Å²) in [4.78, 5) is 10.9. The minimum Gasteiger partial charge on any atom is -0.454 e. The van der Waals surface area contributed by atoms with Crippen molar-refractivity contribution < 1.29 is 19.0 Å². The molecule has 1 radical (unpaired) electrons. The lowest BCUT2D eigenvalue weighted by molar-refractivity contribution is -0.131. The molecule has 1 aliphatic heterocycles. The van der Waals surface area contributed by atoms with Gasteiger partial charge in [-0.3, -0.25) is 4.79 Å². The zero-order valence-corrected chi connectivity index (χ0v) is 10.3. The predicted molar refractivity (Wildman–Crippen MR) is 68.1 cm³/mol. The molecule has 1 aliphatic rings. The van der Waals surface area contributed by atoms with Crippen molar-refractivity contribution in [2.24, 2.45) is 0 Å². The first-order chi connectivity index (χ1) is 9.22. The zero-order valence-electron chi connectivity index (χ0n) is 10.3. The molecule has 0 fully saturated rings. The number of hydrogen-bond acceptors (Lipinski definition) is 4. The Labute approximate surface area is 110 Å². The van der Waals surface area contributed by atoms with Crippen LogP contribution in [0.4, 0.5) is 0 Å². The van der Waals surface area contributed by atoms with Crippen molar-refractivity contribution in [3.05, 3.63) is 42.5 Å². The van der Waals surface area contributed by atoms with E-state index in [2.05, 4.69) is 6.07 Å². The first-order valence-electron chi connectivity index (χ1n) is 5.82. The van der Waals surface area contributed by atoms with Crippen LogP contribution in [0.15, 0.2) is 36.4 Å². The average Bonchev–Trinajstić information content (AvgIpc) is 2.85. The van der Waals surface area contributed by atoms with E-state index in [0.717, 1.165) is 16.9 Å². The maximum absolute atomic E-state index is 10.9. The number of rotatable bonds is 2. The summed E-state index contributed by atoms with van der Waals surface area (Å²) in [6, 6.07) is 13.9. The van der Waals surface area contributed by atoms with E-state index in [4.69, 9.17) is 14.2 Å². The second-order valence-corrected chi connectivity index (χ2v) is 4.10. The third-order valence-corrected chi connectivity index (χ3v) is 2.72. The van der Waals surface area contributed by atoms with E-state index in [9.17, 15) is 4.79 Å². The smallest absolute Gasteiger partial charge is 0.308 e. The fraction of sp³-hybridized carbons (Fsp3) is 0.133. The molecule has 0 bridgehead atoms. The van der Waals surface area contributed by atoms with Crippen molar-refractivity contribution in [2.75, 3.05) is 6.79 Å². The van der Waals surface area contributed by atoms with Gasteiger partial charge in [0.2, 0.25) is 6.79 Å². The second-order valence-electron chi connectivity index (χ2n) is 4.10. The highest BCUT2D eigenvalue weighted by Gasteiger charge is 2.14. The lowest BCUT2D eigenvalue weighted by atomic mass is 10.0. The van der Waals surface area contributed by atoms with Crippen molar-refractivity contribution >= 4 is 5.97 Å². The highest BCUT2D eigenvalue weighted by Crippen LogP contribution is 2.36. The Kier molecular flexibility index (Phi) is 2.83. The zero-order chi connectivity index (χ0) is 13.2. The molecule has 0 spiro atoms. The molecule has 2 aromatic rings. The Balaban J connectivity index is 1.95. The largest absolute Gasteiger partial charge is 0.454 e. The number of carbonyl (C=O) groups is 1. The van der Waals surface area contributed by atoms with Crippen molar-refractivity contribution in [2.45, 2.75) is 6.92 Å². The molecule has 3 rings (SSSR count). The molecule has 19 heavy (non-hydrogen) atoms. The lowest BCUT2D eigenvalue weighted by Gasteiger charge is -2.05. The van der Waals surface area contributed by atoms with E-state index < -0.39 is 0 Å². The topological polar surface area (TPSA) is 44.8 Å². The molecule has 95 valence electrons. The summed E-state index contributed by atoms with van der Waals surface area (Å²) in [5, 5.41) is 0. The molecule has 0 atom stereocenters. The lowest BCUT2D eigenvalue weighted by Crippen LogP contribution is -2.01. The van der Waals surface area contributed by atoms with Gasteiger partial charge in [-0.05, 0) is 41.5 Å². The predicted octanol–water partition coefficient (Wildman–Crippen LogP) is 2.81. The van der Waals surface area contributed by atoms with Crippen LogP contribution in [0, 0.1) is 6.07 Å². The first kappa shape index (κ1) is 11.6. The van der Waals surface area contributed by atoms with Gasteiger partial charge in [-0.1, -0.05) is 12.1 Å². The summed E-state index contributed by atoms with van der Waals surface area (Å²) < 4.78 is 15.7. The maximum atomic E-state index is 10.9. The average molecular weight is 255 g/mol. The van der Waals surface area contributed by atoms with Crippen LogP contribution in [0.3, 0.4) is 0 Å². The molecule has 0 aromatic heterocycles. The van der Waals surface area contributed by atoms with Crippen LogP contribution >= 0.6 is 0 Å². The van der Waals surface area contributed by atoms with Crippen LogP contribution in [0.1, 0.15) is 6.92 Å². The Morgan fingerprint density at radius 2 is 2.05 bits per heavy atom. The summed E-state index contributed by atoms with van der Waals surface area (Å²) in [5.74, 6) is 1.60. The molecule has 4 nitrogen and oxygen atoms in total. The molecular formula is C15H11O4. The highest BCUT2D eigenvalue weighted by atomic mass is 16.7. The highest BCUT2D eigenvalue weighted by molar-refractivity contribution is 5.72. The van der Waals surface area contributed by atoms with Gasteiger partial charge in [0.05, 0.1) is 0 Å². The Hall–Kier alpha value is -2.49.